The number of benzene rings is 1. The number of rotatable bonds is 7. The Hall–Kier alpha value is -1.66. The first-order valence-corrected chi connectivity index (χ1v) is 6.66. The lowest BCUT2D eigenvalue weighted by Crippen LogP contribution is -2.20. The summed E-state index contributed by atoms with van der Waals surface area (Å²) in [7, 11) is 1.66. The zero-order chi connectivity index (χ0) is 14.1. The molecule has 0 saturated heterocycles. The van der Waals surface area contributed by atoms with Crippen LogP contribution in [0.2, 0.25) is 0 Å². The van der Waals surface area contributed by atoms with Gasteiger partial charge in [-0.2, -0.15) is 0 Å². The third kappa shape index (κ3) is 4.84. The fourth-order valence-electron chi connectivity index (χ4n) is 1.78. The van der Waals surface area contributed by atoms with Gasteiger partial charge in [0.25, 0.3) is 0 Å². The molecule has 0 fully saturated rings. The van der Waals surface area contributed by atoms with E-state index in [-0.39, 0.29) is 6.04 Å². The molecule has 0 heterocycles. The molecule has 0 radical (unpaired) electrons. The molecule has 0 amide bonds. The third-order valence-corrected chi connectivity index (χ3v) is 2.86. The average molecular weight is 261 g/mol. The van der Waals surface area contributed by atoms with Crippen molar-refractivity contribution in [1.29, 1.82) is 0 Å². The Morgan fingerprint density at radius 2 is 2.16 bits per heavy atom. The normalized spacial score (nSPS) is 11.4. The Bertz CT molecular complexity index is 446. The van der Waals surface area contributed by atoms with E-state index in [2.05, 4.69) is 31.0 Å². The van der Waals surface area contributed by atoms with Crippen LogP contribution < -0.4 is 14.8 Å². The Labute approximate surface area is 116 Å². The van der Waals surface area contributed by atoms with E-state index in [0.29, 0.717) is 6.61 Å². The highest BCUT2D eigenvalue weighted by molar-refractivity contribution is 5.42. The first kappa shape index (κ1) is 15.4. The van der Waals surface area contributed by atoms with E-state index in [9.17, 15) is 0 Å². The van der Waals surface area contributed by atoms with Crippen LogP contribution in [0.25, 0.3) is 0 Å². The van der Waals surface area contributed by atoms with E-state index in [1.807, 2.05) is 18.2 Å². The van der Waals surface area contributed by atoms with Gasteiger partial charge in [0.1, 0.15) is 18.1 Å². The van der Waals surface area contributed by atoms with E-state index in [4.69, 9.17) is 9.47 Å². The van der Waals surface area contributed by atoms with E-state index in [1.165, 1.54) is 0 Å². The topological polar surface area (TPSA) is 30.5 Å². The number of hydrogen-bond acceptors (Lipinski definition) is 3. The molecule has 1 aromatic rings. The molecule has 1 aromatic carbocycles. The van der Waals surface area contributed by atoms with Crippen molar-refractivity contribution in [3.05, 3.63) is 23.8 Å². The summed E-state index contributed by atoms with van der Waals surface area (Å²) in [6.07, 6.45) is 1.11. The number of hydrogen-bond donors (Lipinski definition) is 1. The predicted molar refractivity (Wildman–Crippen MR) is 78.6 cm³/mol. The first-order valence-electron chi connectivity index (χ1n) is 6.66. The second-order valence-corrected chi connectivity index (χ2v) is 4.30. The van der Waals surface area contributed by atoms with Crippen LogP contribution >= 0.6 is 0 Å². The Morgan fingerprint density at radius 1 is 1.37 bits per heavy atom. The quantitative estimate of drug-likeness (QED) is 0.765. The van der Waals surface area contributed by atoms with Gasteiger partial charge in [0.05, 0.1) is 7.11 Å². The first-order chi connectivity index (χ1) is 9.22. The molecule has 1 N–H and O–H groups in total. The van der Waals surface area contributed by atoms with Crippen molar-refractivity contribution in [1.82, 2.24) is 5.32 Å². The number of methoxy groups -OCH3 is 1. The van der Waals surface area contributed by atoms with Crippen molar-refractivity contribution >= 4 is 0 Å². The monoisotopic (exact) mass is 261 g/mol. The van der Waals surface area contributed by atoms with Crippen LogP contribution in [0.1, 0.15) is 38.8 Å². The fraction of sp³-hybridized carbons (Fsp3) is 0.500. The summed E-state index contributed by atoms with van der Waals surface area (Å²) in [5.41, 5.74) is 1.13. The van der Waals surface area contributed by atoms with Gasteiger partial charge in [-0.15, -0.1) is 5.92 Å². The number of nitrogens with one attached hydrogen (secondary N) is 1. The van der Waals surface area contributed by atoms with Crippen LogP contribution in [0.4, 0.5) is 0 Å². The van der Waals surface area contributed by atoms with Crippen LogP contribution in [-0.2, 0) is 0 Å². The zero-order valence-corrected chi connectivity index (χ0v) is 12.2. The van der Waals surface area contributed by atoms with Crippen LogP contribution in [-0.4, -0.2) is 20.3 Å². The predicted octanol–water partition coefficient (Wildman–Crippen LogP) is 3.16. The maximum Gasteiger partial charge on any atom is 0.149 e. The summed E-state index contributed by atoms with van der Waals surface area (Å²) in [5.74, 6) is 7.37. The molecule has 0 bridgehead atoms. The molecule has 0 aromatic heterocycles. The summed E-state index contributed by atoms with van der Waals surface area (Å²) in [5, 5.41) is 3.46. The van der Waals surface area contributed by atoms with E-state index >= 15 is 0 Å². The molecule has 0 spiro atoms. The van der Waals surface area contributed by atoms with Gasteiger partial charge in [-0.1, -0.05) is 18.9 Å². The Kier molecular flexibility index (Phi) is 6.84. The summed E-state index contributed by atoms with van der Waals surface area (Å²) in [6, 6.07) is 6.16. The molecule has 1 atom stereocenters. The van der Waals surface area contributed by atoms with Crippen LogP contribution in [0.3, 0.4) is 0 Å². The summed E-state index contributed by atoms with van der Waals surface area (Å²) in [4.78, 5) is 0. The van der Waals surface area contributed by atoms with E-state index in [0.717, 1.165) is 30.0 Å². The second kappa shape index (κ2) is 8.44. The molecule has 3 nitrogen and oxygen atoms in total. The molecule has 0 aliphatic heterocycles. The fourth-order valence-corrected chi connectivity index (χ4v) is 1.78. The lowest BCUT2D eigenvalue weighted by Gasteiger charge is -2.18. The highest BCUT2D eigenvalue weighted by Gasteiger charge is 2.12. The van der Waals surface area contributed by atoms with Crippen LogP contribution in [0, 0.1) is 11.8 Å². The molecular weight excluding hydrogens is 238 g/mol. The van der Waals surface area contributed by atoms with E-state index < -0.39 is 0 Å². The van der Waals surface area contributed by atoms with Crippen molar-refractivity contribution in [2.45, 2.75) is 33.2 Å². The summed E-state index contributed by atoms with van der Waals surface area (Å²) >= 11 is 0. The second-order valence-electron chi connectivity index (χ2n) is 4.30. The van der Waals surface area contributed by atoms with Crippen molar-refractivity contribution in [2.75, 3.05) is 20.3 Å². The Morgan fingerprint density at radius 3 is 2.79 bits per heavy atom. The molecule has 0 aliphatic carbocycles. The van der Waals surface area contributed by atoms with E-state index in [1.54, 1.807) is 14.0 Å². The standard InChI is InChI=1S/C16H23NO2/c1-5-7-11-19-16-12-14(18-4)8-9-15(16)13(3)17-10-6-2/h8-9,12-13,17H,6,10-11H2,1-4H3. The van der Waals surface area contributed by atoms with Crippen molar-refractivity contribution in [3.8, 4) is 23.3 Å². The van der Waals surface area contributed by atoms with Crippen molar-refractivity contribution < 1.29 is 9.47 Å². The molecule has 1 rings (SSSR count). The molecule has 1 unspecified atom stereocenters. The van der Waals surface area contributed by atoms with Gasteiger partial charge in [0, 0.05) is 17.7 Å². The lowest BCUT2D eigenvalue weighted by atomic mass is 10.1. The minimum atomic E-state index is 0.246. The highest BCUT2D eigenvalue weighted by Crippen LogP contribution is 2.29. The SMILES string of the molecule is CC#CCOc1cc(OC)ccc1C(C)NCCC. The lowest BCUT2D eigenvalue weighted by molar-refractivity contribution is 0.354. The van der Waals surface area contributed by atoms with Gasteiger partial charge in [0.15, 0.2) is 0 Å². The molecule has 3 heteroatoms. The maximum atomic E-state index is 5.73. The van der Waals surface area contributed by atoms with Gasteiger partial charge in [0.2, 0.25) is 0 Å². The van der Waals surface area contributed by atoms with Crippen LogP contribution in [0.15, 0.2) is 18.2 Å². The smallest absolute Gasteiger partial charge is 0.149 e. The van der Waals surface area contributed by atoms with Crippen molar-refractivity contribution in [3.63, 3.8) is 0 Å². The minimum absolute atomic E-state index is 0.246. The molecule has 104 valence electrons. The van der Waals surface area contributed by atoms with Crippen LogP contribution in [0.5, 0.6) is 11.5 Å². The van der Waals surface area contributed by atoms with Crippen molar-refractivity contribution in [2.24, 2.45) is 0 Å². The molecule has 0 aliphatic rings. The van der Waals surface area contributed by atoms with Gasteiger partial charge in [-0.05, 0) is 32.9 Å². The largest absolute Gasteiger partial charge is 0.497 e. The molecule has 19 heavy (non-hydrogen) atoms. The zero-order valence-electron chi connectivity index (χ0n) is 12.2. The van der Waals surface area contributed by atoms with Gasteiger partial charge in [-0.3, -0.25) is 0 Å². The summed E-state index contributed by atoms with van der Waals surface area (Å²) in [6.45, 7) is 7.48. The number of ether oxygens (including phenoxy) is 2. The summed E-state index contributed by atoms with van der Waals surface area (Å²) < 4.78 is 11.0. The average Bonchev–Trinajstić information content (AvgIpc) is 2.44. The third-order valence-electron chi connectivity index (χ3n) is 2.86. The Balaban J connectivity index is 2.89. The van der Waals surface area contributed by atoms with Gasteiger partial charge >= 0.3 is 0 Å². The molecular formula is C16H23NO2. The molecule has 0 saturated carbocycles. The maximum absolute atomic E-state index is 5.73. The minimum Gasteiger partial charge on any atom is -0.497 e. The highest BCUT2D eigenvalue weighted by atomic mass is 16.5. The van der Waals surface area contributed by atoms with Gasteiger partial charge in [-0.25, -0.2) is 0 Å². The van der Waals surface area contributed by atoms with Gasteiger partial charge < -0.3 is 14.8 Å².